The maximum atomic E-state index is 13.4. The van der Waals surface area contributed by atoms with Gasteiger partial charge in [0.15, 0.2) is 6.20 Å². The van der Waals surface area contributed by atoms with Crippen LogP contribution in [0.3, 0.4) is 0 Å². The van der Waals surface area contributed by atoms with Gasteiger partial charge in [0.05, 0.1) is 6.20 Å². The number of carbonyl (C=O) groups excluding carboxylic acids is 1. The molecule has 0 spiro atoms. The van der Waals surface area contributed by atoms with Gasteiger partial charge in [-0.1, -0.05) is 29.8 Å². The Kier molecular flexibility index (Phi) is 4.09. The van der Waals surface area contributed by atoms with Crippen molar-refractivity contribution in [2.45, 2.75) is 13.5 Å². The van der Waals surface area contributed by atoms with E-state index in [0.29, 0.717) is 5.56 Å². The third-order valence-electron chi connectivity index (χ3n) is 4.52. The van der Waals surface area contributed by atoms with Crippen LogP contribution >= 0.6 is 0 Å². The Morgan fingerprint density at radius 3 is 2.46 bits per heavy atom. The largest absolute Gasteiger partial charge is 0.312 e. The van der Waals surface area contributed by atoms with E-state index in [0.717, 1.165) is 22.3 Å². The second-order valence-corrected chi connectivity index (χ2v) is 6.37. The van der Waals surface area contributed by atoms with Gasteiger partial charge in [0.2, 0.25) is 18.0 Å². The number of Topliss-reactive ketones (excluding diaryl/α,β-unsaturated/α-hetero) is 1. The number of aryl methyl sites for hydroxylation is 1. The number of fused-ring (bicyclic) bond motifs is 1. The highest BCUT2D eigenvalue weighted by Crippen LogP contribution is 2.22. The number of carbonyl (C=O) groups is 1. The molecule has 4 heteroatoms. The molecule has 0 N–H and O–H groups in total. The van der Waals surface area contributed by atoms with Crippen molar-refractivity contribution in [3.05, 3.63) is 96.2 Å². The van der Waals surface area contributed by atoms with Gasteiger partial charge in [-0.25, -0.2) is 4.39 Å². The highest BCUT2D eigenvalue weighted by atomic mass is 19.1. The third kappa shape index (κ3) is 3.02. The van der Waals surface area contributed by atoms with Crippen LogP contribution in [-0.4, -0.2) is 10.2 Å². The van der Waals surface area contributed by atoms with Crippen LogP contribution in [0.1, 0.15) is 15.9 Å². The Bertz CT molecular complexity index is 1080. The number of hydrogen-bond donors (Lipinski definition) is 0. The smallest absolute Gasteiger partial charge is 0.237 e. The molecule has 3 nitrogen and oxygen atoms in total. The van der Waals surface area contributed by atoms with Crippen molar-refractivity contribution >= 4 is 11.3 Å². The average Bonchev–Trinajstić information content (AvgIpc) is 3.12. The van der Waals surface area contributed by atoms with Crippen molar-refractivity contribution in [1.29, 1.82) is 0 Å². The number of rotatable bonds is 4. The Morgan fingerprint density at radius 1 is 1.00 bits per heavy atom. The summed E-state index contributed by atoms with van der Waals surface area (Å²) in [5.74, 6) is -0.243. The van der Waals surface area contributed by atoms with Gasteiger partial charge in [-0.05, 0) is 43.3 Å². The molecule has 128 valence electrons. The second kappa shape index (κ2) is 6.56. The van der Waals surface area contributed by atoms with Crippen molar-refractivity contribution in [2.75, 3.05) is 0 Å². The SMILES string of the molecule is Cc1ccc(C(=O)C[n+]2ccn3cccc3c2-c2ccc(F)cc2)cc1. The van der Waals surface area contributed by atoms with Crippen LogP contribution in [0.15, 0.2) is 79.3 Å². The quantitative estimate of drug-likeness (QED) is 0.401. The van der Waals surface area contributed by atoms with Crippen molar-refractivity contribution < 1.29 is 13.8 Å². The summed E-state index contributed by atoms with van der Waals surface area (Å²) in [5, 5.41) is 0. The molecule has 2 aromatic carbocycles. The molecule has 0 unspecified atom stereocenters. The summed E-state index contributed by atoms with van der Waals surface area (Å²) in [6.07, 6.45) is 5.76. The minimum absolute atomic E-state index is 0.0364. The number of aromatic nitrogens is 2. The zero-order valence-electron chi connectivity index (χ0n) is 14.4. The van der Waals surface area contributed by atoms with Gasteiger partial charge in [-0.3, -0.25) is 4.79 Å². The standard InChI is InChI=1S/C22H18FN2O/c1-16-4-6-17(7-5-16)21(26)15-25-14-13-24-12-2-3-20(24)22(25)18-8-10-19(23)11-9-18/h2-14H,15H2,1H3/q+1. The van der Waals surface area contributed by atoms with Crippen molar-refractivity contribution in [3.8, 4) is 11.3 Å². The number of hydrogen-bond acceptors (Lipinski definition) is 1. The van der Waals surface area contributed by atoms with E-state index in [-0.39, 0.29) is 18.1 Å². The van der Waals surface area contributed by atoms with Gasteiger partial charge >= 0.3 is 0 Å². The summed E-state index contributed by atoms with van der Waals surface area (Å²) in [7, 11) is 0. The monoisotopic (exact) mass is 345 g/mol. The summed E-state index contributed by atoms with van der Waals surface area (Å²) in [5.41, 5.74) is 4.53. The van der Waals surface area contributed by atoms with Gasteiger partial charge in [-0.15, -0.1) is 0 Å². The molecular formula is C22H18FN2O+. The molecule has 0 amide bonds. The van der Waals surface area contributed by atoms with Gasteiger partial charge in [0.25, 0.3) is 0 Å². The number of nitrogens with zero attached hydrogens (tertiary/aromatic N) is 2. The van der Waals surface area contributed by atoms with E-state index in [1.807, 2.05) is 70.9 Å². The molecule has 2 heterocycles. The van der Waals surface area contributed by atoms with Crippen LogP contribution in [0.4, 0.5) is 4.39 Å². The lowest BCUT2D eigenvalue weighted by Crippen LogP contribution is -2.40. The second-order valence-electron chi connectivity index (χ2n) is 6.37. The first kappa shape index (κ1) is 16.2. The first-order valence-electron chi connectivity index (χ1n) is 8.47. The fourth-order valence-electron chi connectivity index (χ4n) is 3.14. The molecule has 0 fully saturated rings. The van der Waals surface area contributed by atoms with E-state index in [2.05, 4.69) is 0 Å². The van der Waals surface area contributed by atoms with E-state index in [1.54, 1.807) is 12.1 Å². The molecule has 0 radical (unpaired) electrons. The fraction of sp³-hybridized carbons (Fsp3) is 0.0909. The predicted octanol–water partition coefficient (Wildman–Crippen LogP) is 4.22. The average molecular weight is 345 g/mol. The minimum atomic E-state index is -0.279. The molecular weight excluding hydrogens is 327 g/mol. The molecule has 0 saturated carbocycles. The lowest BCUT2D eigenvalue weighted by Gasteiger charge is -2.07. The van der Waals surface area contributed by atoms with Gasteiger partial charge in [0, 0.05) is 17.3 Å². The zero-order chi connectivity index (χ0) is 18.1. The summed E-state index contributed by atoms with van der Waals surface area (Å²) < 4.78 is 17.3. The van der Waals surface area contributed by atoms with E-state index < -0.39 is 0 Å². The van der Waals surface area contributed by atoms with Crippen LogP contribution in [0.25, 0.3) is 16.8 Å². The van der Waals surface area contributed by atoms with Crippen molar-refractivity contribution in [2.24, 2.45) is 0 Å². The maximum Gasteiger partial charge on any atom is 0.237 e. The summed E-state index contributed by atoms with van der Waals surface area (Å²) in [6, 6.07) is 17.9. The van der Waals surface area contributed by atoms with Gasteiger partial charge < -0.3 is 4.40 Å². The van der Waals surface area contributed by atoms with Crippen molar-refractivity contribution in [3.63, 3.8) is 0 Å². The number of benzene rings is 2. The highest BCUT2D eigenvalue weighted by Gasteiger charge is 2.21. The lowest BCUT2D eigenvalue weighted by molar-refractivity contribution is -0.671. The van der Waals surface area contributed by atoms with E-state index >= 15 is 0 Å². The number of halogens is 1. The Hall–Kier alpha value is -3.27. The Labute approximate surface area is 151 Å². The normalized spacial score (nSPS) is 11.0. The molecule has 0 aliphatic rings. The van der Waals surface area contributed by atoms with E-state index in [4.69, 9.17) is 0 Å². The molecule has 4 aromatic rings. The minimum Gasteiger partial charge on any atom is -0.312 e. The van der Waals surface area contributed by atoms with E-state index in [1.165, 1.54) is 12.1 Å². The summed E-state index contributed by atoms with van der Waals surface area (Å²) in [4.78, 5) is 12.7. The maximum absolute atomic E-state index is 13.4. The van der Waals surface area contributed by atoms with Crippen LogP contribution in [0.5, 0.6) is 0 Å². The van der Waals surface area contributed by atoms with Crippen LogP contribution < -0.4 is 4.57 Å². The number of ketones is 1. The molecule has 0 aliphatic heterocycles. The molecule has 4 rings (SSSR count). The summed E-state index contributed by atoms with van der Waals surface area (Å²) >= 11 is 0. The molecule has 26 heavy (non-hydrogen) atoms. The molecule has 0 atom stereocenters. The van der Waals surface area contributed by atoms with Crippen LogP contribution in [-0.2, 0) is 6.54 Å². The Balaban J connectivity index is 1.79. The van der Waals surface area contributed by atoms with Crippen molar-refractivity contribution in [1.82, 2.24) is 4.40 Å². The molecule has 0 saturated heterocycles. The molecule has 0 bridgehead atoms. The van der Waals surface area contributed by atoms with E-state index in [9.17, 15) is 9.18 Å². The van der Waals surface area contributed by atoms with Gasteiger partial charge in [0.1, 0.15) is 11.3 Å². The highest BCUT2D eigenvalue weighted by molar-refractivity contribution is 5.95. The summed E-state index contributed by atoms with van der Waals surface area (Å²) in [6.45, 7) is 2.22. The first-order valence-corrected chi connectivity index (χ1v) is 8.47. The third-order valence-corrected chi connectivity index (χ3v) is 4.52. The predicted molar refractivity (Wildman–Crippen MR) is 98.5 cm³/mol. The topological polar surface area (TPSA) is 25.4 Å². The lowest BCUT2D eigenvalue weighted by atomic mass is 10.1. The van der Waals surface area contributed by atoms with Gasteiger partial charge in [-0.2, -0.15) is 4.57 Å². The molecule has 2 aromatic heterocycles. The fourth-order valence-corrected chi connectivity index (χ4v) is 3.14. The molecule has 0 aliphatic carbocycles. The Morgan fingerprint density at radius 2 is 1.73 bits per heavy atom. The van der Waals surface area contributed by atoms with Crippen LogP contribution in [0.2, 0.25) is 0 Å². The zero-order valence-corrected chi connectivity index (χ0v) is 14.4. The van der Waals surface area contributed by atoms with Crippen LogP contribution in [0, 0.1) is 12.7 Å². The first-order chi connectivity index (χ1) is 12.6.